The molecule has 1 aromatic rings. The summed E-state index contributed by atoms with van der Waals surface area (Å²) in [5.74, 6) is 2.27. The second kappa shape index (κ2) is 8.18. The van der Waals surface area contributed by atoms with Gasteiger partial charge in [-0.3, -0.25) is 0 Å². The minimum absolute atomic E-state index is 0.0421. The van der Waals surface area contributed by atoms with Crippen molar-refractivity contribution in [2.24, 2.45) is 5.41 Å². The third kappa shape index (κ3) is 4.46. The van der Waals surface area contributed by atoms with E-state index in [2.05, 4.69) is 24.0 Å². The van der Waals surface area contributed by atoms with Crippen LogP contribution in [0.1, 0.15) is 18.9 Å². The van der Waals surface area contributed by atoms with Crippen LogP contribution in [0.4, 0.5) is 0 Å². The standard InChI is InChI=1S/C17H27NO2S/c1-2-21-11-10-18-9-8-16(20)17(13-18,14-19)12-15-6-4-3-5-7-15/h3-7,16,19-20H,2,8-14H2,1H3/t16-,17+/m0/s1. The van der Waals surface area contributed by atoms with E-state index in [-0.39, 0.29) is 6.61 Å². The first-order chi connectivity index (χ1) is 10.2. The maximum Gasteiger partial charge on any atom is 0.0646 e. The molecule has 118 valence electrons. The zero-order valence-electron chi connectivity index (χ0n) is 12.9. The minimum Gasteiger partial charge on any atom is -0.396 e. The molecule has 0 radical (unpaired) electrons. The van der Waals surface area contributed by atoms with Gasteiger partial charge in [-0.25, -0.2) is 0 Å². The zero-order valence-corrected chi connectivity index (χ0v) is 13.7. The molecule has 2 atom stereocenters. The predicted molar refractivity (Wildman–Crippen MR) is 89.7 cm³/mol. The summed E-state index contributed by atoms with van der Waals surface area (Å²) in [6.45, 7) is 4.98. The highest BCUT2D eigenvalue weighted by atomic mass is 32.2. The van der Waals surface area contributed by atoms with Crippen LogP contribution in [0.2, 0.25) is 0 Å². The van der Waals surface area contributed by atoms with E-state index in [9.17, 15) is 10.2 Å². The molecule has 0 aliphatic carbocycles. The number of thioether (sulfide) groups is 1. The molecule has 1 heterocycles. The third-order valence-electron chi connectivity index (χ3n) is 4.43. The Bertz CT molecular complexity index is 415. The van der Waals surface area contributed by atoms with Crippen molar-refractivity contribution in [2.45, 2.75) is 25.9 Å². The van der Waals surface area contributed by atoms with Gasteiger partial charge in [0.05, 0.1) is 12.7 Å². The normalized spacial score (nSPS) is 26.9. The van der Waals surface area contributed by atoms with Crippen LogP contribution in [-0.2, 0) is 6.42 Å². The molecule has 1 aliphatic heterocycles. The average molecular weight is 309 g/mol. The molecule has 1 aliphatic rings. The van der Waals surface area contributed by atoms with Crippen molar-refractivity contribution < 1.29 is 10.2 Å². The molecule has 1 aromatic carbocycles. The average Bonchev–Trinajstić information content (AvgIpc) is 2.52. The molecular formula is C17H27NO2S. The first-order valence-electron chi connectivity index (χ1n) is 7.83. The fraction of sp³-hybridized carbons (Fsp3) is 0.647. The van der Waals surface area contributed by atoms with E-state index in [0.29, 0.717) is 0 Å². The summed E-state index contributed by atoms with van der Waals surface area (Å²) in [5.41, 5.74) is 0.770. The molecule has 2 N–H and O–H groups in total. The lowest BCUT2D eigenvalue weighted by Gasteiger charge is -2.45. The smallest absolute Gasteiger partial charge is 0.0646 e. The molecule has 1 fully saturated rings. The molecule has 0 amide bonds. The van der Waals surface area contributed by atoms with Crippen LogP contribution < -0.4 is 0 Å². The van der Waals surface area contributed by atoms with Crippen molar-refractivity contribution in [3.05, 3.63) is 35.9 Å². The number of benzene rings is 1. The molecule has 21 heavy (non-hydrogen) atoms. The van der Waals surface area contributed by atoms with Gasteiger partial charge in [-0.15, -0.1) is 0 Å². The topological polar surface area (TPSA) is 43.7 Å². The number of piperidine rings is 1. The van der Waals surface area contributed by atoms with Gasteiger partial charge >= 0.3 is 0 Å². The van der Waals surface area contributed by atoms with E-state index in [1.165, 1.54) is 5.56 Å². The predicted octanol–water partition coefficient (Wildman–Crippen LogP) is 2.03. The lowest BCUT2D eigenvalue weighted by molar-refractivity contribution is -0.0733. The van der Waals surface area contributed by atoms with Gasteiger partial charge in [-0.2, -0.15) is 11.8 Å². The van der Waals surface area contributed by atoms with E-state index < -0.39 is 11.5 Å². The summed E-state index contributed by atoms with van der Waals surface area (Å²) in [7, 11) is 0. The van der Waals surface area contributed by atoms with Crippen LogP contribution in [0.5, 0.6) is 0 Å². The quantitative estimate of drug-likeness (QED) is 0.757. The van der Waals surface area contributed by atoms with Crippen LogP contribution in [0.3, 0.4) is 0 Å². The number of hydrogen-bond donors (Lipinski definition) is 2. The number of nitrogens with zero attached hydrogens (tertiary/aromatic N) is 1. The van der Waals surface area contributed by atoms with Gasteiger partial charge in [-0.05, 0) is 24.2 Å². The lowest BCUT2D eigenvalue weighted by Crippen LogP contribution is -2.55. The first-order valence-corrected chi connectivity index (χ1v) is 8.98. The first kappa shape index (κ1) is 16.8. The zero-order chi connectivity index (χ0) is 15.1. The van der Waals surface area contributed by atoms with Gasteiger partial charge in [0.2, 0.25) is 0 Å². The number of aliphatic hydroxyl groups is 2. The highest BCUT2D eigenvalue weighted by molar-refractivity contribution is 7.99. The Morgan fingerprint density at radius 1 is 1.33 bits per heavy atom. The van der Waals surface area contributed by atoms with Crippen LogP contribution in [0.15, 0.2) is 30.3 Å². The third-order valence-corrected chi connectivity index (χ3v) is 5.31. The maximum atomic E-state index is 10.5. The van der Waals surface area contributed by atoms with E-state index >= 15 is 0 Å². The Morgan fingerprint density at radius 3 is 2.76 bits per heavy atom. The summed E-state index contributed by atoms with van der Waals surface area (Å²) < 4.78 is 0. The van der Waals surface area contributed by atoms with E-state index in [4.69, 9.17) is 0 Å². The summed E-state index contributed by atoms with van der Waals surface area (Å²) in [4.78, 5) is 2.40. The Labute approximate surface area is 132 Å². The van der Waals surface area contributed by atoms with Crippen LogP contribution in [0.25, 0.3) is 0 Å². The second-order valence-electron chi connectivity index (χ2n) is 5.96. The monoisotopic (exact) mass is 309 g/mol. The molecule has 1 saturated heterocycles. The molecule has 4 heteroatoms. The molecule has 0 bridgehead atoms. The molecule has 0 saturated carbocycles. The highest BCUT2D eigenvalue weighted by Gasteiger charge is 2.42. The van der Waals surface area contributed by atoms with Crippen molar-refractivity contribution in [3.8, 4) is 0 Å². The highest BCUT2D eigenvalue weighted by Crippen LogP contribution is 2.33. The lowest BCUT2D eigenvalue weighted by atomic mass is 9.73. The Morgan fingerprint density at radius 2 is 2.10 bits per heavy atom. The maximum absolute atomic E-state index is 10.5. The summed E-state index contributed by atoms with van der Waals surface area (Å²) >= 11 is 1.95. The van der Waals surface area contributed by atoms with Gasteiger partial charge in [0.15, 0.2) is 0 Å². The van der Waals surface area contributed by atoms with Crippen molar-refractivity contribution in [2.75, 3.05) is 37.7 Å². The fourth-order valence-electron chi connectivity index (χ4n) is 3.16. The number of likely N-dealkylation sites (tertiary alicyclic amines) is 1. The molecule has 2 rings (SSSR count). The van der Waals surface area contributed by atoms with Crippen LogP contribution in [-0.4, -0.2) is 59.0 Å². The van der Waals surface area contributed by atoms with E-state index in [1.54, 1.807) is 0 Å². The summed E-state index contributed by atoms with van der Waals surface area (Å²) in [6.07, 6.45) is 1.07. The van der Waals surface area contributed by atoms with Crippen molar-refractivity contribution in [1.29, 1.82) is 0 Å². The Balaban J connectivity index is 2.03. The van der Waals surface area contributed by atoms with E-state index in [0.717, 1.165) is 44.0 Å². The largest absolute Gasteiger partial charge is 0.396 e. The van der Waals surface area contributed by atoms with Gasteiger partial charge in [0, 0.05) is 30.8 Å². The minimum atomic E-state index is -0.420. The van der Waals surface area contributed by atoms with E-state index in [1.807, 2.05) is 30.0 Å². The summed E-state index contributed by atoms with van der Waals surface area (Å²) in [6, 6.07) is 10.2. The second-order valence-corrected chi connectivity index (χ2v) is 7.35. The van der Waals surface area contributed by atoms with Crippen molar-refractivity contribution in [1.82, 2.24) is 4.90 Å². The van der Waals surface area contributed by atoms with Crippen molar-refractivity contribution >= 4 is 11.8 Å². The van der Waals surface area contributed by atoms with Gasteiger partial charge in [0.25, 0.3) is 0 Å². The Hall–Kier alpha value is -0.550. The van der Waals surface area contributed by atoms with Crippen LogP contribution in [0, 0.1) is 5.41 Å². The van der Waals surface area contributed by atoms with Gasteiger partial charge in [0.1, 0.15) is 0 Å². The van der Waals surface area contributed by atoms with Crippen molar-refractivity contribution in [3.63, 3.8) is 0 Å². The number of rotatable bonds is 7. The molecule has 3 nitrogen and oxygen atoms in total. The molecule has 0 aromatic heterocycles. The molecule has 0 unspecified atom stereocenters. The Kier molecular flexibility index (Phi) is 6.55. The molecule has 0 spiro atoms. The number of aliphatic hydroxyl groups excluding tert-OH is 2. The summed E-state index contributed by atoms with van der Waals surface area (Å²) in [5, 5.41) is 20.4. The fourth-order valence-corrected chi connectivity index (χ4v) is 3.83. The SMILES string of the molecule is CCSCCN1CC[C@H](O)[C@](CO)(Cc2ccccc2)C1. The molecular weight excluding hydrogens is 282 g/mol. The van der Waals surface area contributed by atoms with Gasteiger partial charge in [-0.1, -0.05) is 37.3 Å². The van der Waals surface area contributed by atoms with Gasteiger partial charge < -0.3 is 15.1 Å². The van der Waals surface area contributed by atoms with Crippen LogP contribution >= 0.6 is 11.8 Å². The number of hydrogen-bond acceptors (Lipinski definition) is 4.